The third-order valence-electron chi connectivity index (χ3n) is 2.03. The van der Waals surface area contributed by atoms with Gasteiger partial charge in [-0.05, 0) is 18.2 Å². The van der Waals surface area contributed by atoms with E-state index in [1.54, 1.807) is 30.3 Å². The summed E-state index contributed by atoms with van der Waals surface area (Å²) in [7, 11) is 0. The van der Waals surface area contributed by atoms with Crippen LogP contribution in [0.2, 0.25) is 10.0 Å². The van der Waals surface area contributed by atoms with Crippen molar-refractivity contribution in [1.29, 1.82) is 0 Å². The van der Waals surface area contributed by atoms with E-state index in [-0.39, 0.29) is 5.82 Å². The average Bonchev–Trinajstić information content (AvgIpc) is 2.23. The molecule has 0 spiro atoms. The first-order chi connectivity index (χ1) is 7.20. The van der Waals surface area contributed by atoms with E-state index in [4.69, 9.17) is 23.2 Å². The molecule has 0 amide bonds. The first-order valence-electron chi connectivity index (χ1n) is 4.30. The normalized spacial score (nSPS) is 10.3. The monoisotopic (exact) mass is 239 g/mol. The zero-order valence-electron chi connectivity index (χ0n) is 7.60. The summed E-state index contributed by atoms with van der Waals surface area (Å²) in [5.74, 6) is -0.335. The molecule has 0 N–H and O–H groups in total. The van der Waals surface area contributed by atoms with Crippen LogP contribution in [0.5, 0.6) is 0 Å². The molecule has 0 fully saturated rings. The van der Waals surface area contributed by atoms with Gasteiger partial charge >= 0.3 is 0 Å². The van der Waals surface area contributed by atoms with Crippen LogP contribution in [0.4, 0.5) is 4.39 Å². The molecular formula is C12H6Cl2F. The zero-order valence-corrected chi connectivity index (χ0v) is 9.11. The van der Waals surface area contributed by atoms with E-state index in [1.807, 2.05) is 0 Å². The average molecular weight is 240 g/mol. The van der Waals surface area contributed by atoms with Gasteiger partial charge in [0.1, 0.15) is 5.82 Å². The van der Waals surface area contributed by atoms with E-state index in [1.165, 1.54) is 6.07 Å². The van der Waals surface area contributed by atoms with Crippen molar-refractivity contribution < 1.29 is 4.39 Å². The van der Waals surface area contributed by atoms with Crippen molar-refractivity contribution in [2.24, 2.45) is 0 Å². The predicted molar refractivity (Wildman–Crippen MR) is 60.7 cm³/mol. The highest BCUT2D eigenvalue weighted by Crippen LogP contribution is 2.33. The van der Waals surface area contributed by atoms with Crippen molar-refractivity contribution in [1.82, 2.24) is 0 Å². The van der Waals surface area contributed by atoms with Crippen molar-refractivity contribution in [3.63, 3.8) is 0 Å². The van der Waals surface area contributed by atoms with Gasteiger partial charge in [0.05, 0.1) is 10.0 Å². The van der Waals surface area contributed by atoms with Gasteiger partial charge in [-0.15, -0.1) is 0 Å². The maximum atomic E-state index is 13.5. The topological polar surface area (TPSA) is 0 Å². The van der Waals surface area contributed by atoms with Gasteiger partial charge in [-0.1, -0.05) is 47.5 Å². The van der Waals surface area contributed by atoms with Crippen LogP contribution >= 0.6 is 23.2 Å². The van der Waals surface area contributed by atoms with E-state index >= 15 is 0 Å². The minimum absolute atomic E-state index is 0.323. The van der Waals surface area contributed by atoms with Crippen LogP contribution in [0, 0.1) is 11.9 Å². The molecule has 75 valence electrons. The smallest absolute Gasteiger partial charge is 0.131 e. The predicted octanol–water partition coefficient (Wildman–Crippen LogP) is 4.60. The van der Waals surface area contributed by atoms with Gasteiger partial charge in [0.25, 0.3) is 0 Å². The lowest BCUT2D eigenvalue weighted by Crippen LogP contribution is -1.85. The van der Waals surface area contributed by atoms with Gasteiger partial charge in [-0.2, -0.15) is 0 Å². The lowest BCUT2D eigenvalue weighted by atomic mass is 10.1. The Kier molecular flexibility index (Phi) is 2.94. The standard InChI is InChI=1S/C12H6Cl2F/c13-10-6-3-5-9(12(10)14)8-4-1-2-7-11(8)15/h1-4,6-7H. The molecule has 0 heterocycles. The van der Waals surface area contributed by atoms with Crippen molar-refractivity contribution in [2.75, 3.05) is 0 Å². The van der Waals surface area contributed by atoms with Gasteiger partial charge < -0.3 is 0 Å². The Bertz CT molecular complexity index is 495. The van der Waals surface area contributed by atoms with Crippen LogP contribution in [-0.4, -0.2) is 0 Å². The highest BCUT2D eigenvalue weighted by Gasteiger charge is 2.10. The SMILES string of the molecule is Fc1ccccc1-c1[c]ccc(Cl)c1Cl. The third-order valence-corrected chi connectivity index (χ3v) is 2.83. The van der Waals surface area contributed by atoms with Gasteiger partial charge in [0.2, 0.25) is 0 Å². The Morgan fingerprint density at radius 1 is 1.07 bits per heavy atom. The largest absolute Gasteiger partial charge is 0.206 e. The molecule has 0 unspecified atom stereocenters. The molecular weight excluding hydrogens is 234 g/mol. The summed E-state index contributed by atoms with van der Waals surface area (Å²) in [5, 5.41) is 0.720. The number of hydrogen-bond donors (Lipinski definition) is 0. The maximum absolute atomic E-state index is 13.5. The molecule has 2 rings (SSSR count). The minimum atomic E-state index is -0.335. The van der Waals surface area contributed by atoms with Crippen LogP contribution in [-0.2, 0) is 0 Å². The third kappa shape index (κ3) is 1.99. The summed E-state index contributed by atoms with van der Waals surface area (Å²) in [6.45, 7) is 0. The molecule has 2 aromatic carbocycles. The second-order valence-corrected chi connectivity index (χ2v) is 3.78. The van der Waals surface area contributed by atoms with Crippen molar-refractivity contribution in [2.45, 2.75) is 0 Å². The number of hydrogen-bond acceptors (Lipinski definition) is 0. The maximum Gasteiger partial charge on any atom is 0.131 e. The zero-order chi connectivity index (χ0) is 10.8. The van der Waals surface area contributed by atoms with E-state index < -0.39 is 0 Å². The summed E-state index contributed by atoms with van der Waals surface area (Å²) in [6, 6.07) is 12.5. The summed E-state index contributed by atoms with van der Waals surface area (Å²) >= 11 is 11.8. The van der Waals surface area contributed by atoms with E-state index in [0.717, 1.165) is 0 Å². The van der Waals surface area contributed by atoms with Crippen LogP contribution < -0.4 is 0 Å². The van der Waals surface area contributed by atoms with Crippen LogP contribution in [0.25, 0.3) is 11.1 Å². The van der Waals surface area contributed by atoms with Crippen LogP contribution in [0.15, 0.2) is 36.4 Å². The summed E-state index contributed by atoms with van der Waals surface area (Å²) in [6.07, 6.45) is 0. The molecule has 0 saturated heterocycles. The fourth-order valence-electron chi connectivity index (χ4n) is 1.31. The fraction of sp³-hybridized carbons (Fsp3) is 0. The lowest BCUT2D eigenvalue weighted by Gasteiger charge is -2.06. The molecule has 0 saturated carbocycles. The summed E-state index contributed by atoms with van der Waals surface area (Å²) < 4.78 is 13.5. The first-order valence-corrected chi connectivity index (χ1v) is 5.06. The van der Waals surface area contributed by atoms with E-state index in [0.29, 0.717) is 21.2 Å². The van der Waals surface area contributed by atoms with Crippen LogP contribution in [0.1, 0.15) is 0 Å². The Hall–Kier alpha value is -1.05. The Balaban J connectivity index is 2.65. The van der Waals surface area contributed by atoms with Gasteiger partial charge in [-0.25, -0.2) is 4.39 Å². The molecule has 2 aromatic rings. The molecule has 0 nitrogen and oxygen atoms in total. The van der Waals surface area contributed by atoms with E-state index in [2.05, 4.69) is 6.07 Å². The van der Waals surface area contributed by atoms with Gasteiger partial charge in [-0.3, -0.25) is 0 Å². The number of halogens is 3. The molecule has 0 aliphatic carbocycles. The molecule has 0 bridgehead atoms. The Labute approximate surface area is 97.3 Å². The van der Waals surface area contributed by atoms with Crippen molar-refractivity contribution in [3.05, 3.63) is 58.3 Å². The van der Waals surface area contributed by atoms with Crippen LogP contribution in [0.3, 0.4) is 0 Å². The quantitative estimate of drug-likeness (QED) is 0.683. The number of rotatable bonds is 1. The molecule has 0 atom stereocenters. The molecule has 0 aliphatic rings. The van der Waals surface area contributed by atoms with E-state index in [9.17, 15) is 4.39 Å². The summed E-state index contributed by atoms with van der Waals surface area (Å²) in [5.41, 5.74) is 0.896. The minimum Gasteiger partial charge on any atom is -0.206 e. The lowest BCUT2D eigenvalue weighted by molar-refractivity contribution is 0.631. The van der Waals surface area contributed by atoms with Gasteiger partial charge in [0, 0.05) is 11.1 Å². The molecule has 1 radical (unpaired) electrons. The molecule has 0 aliphatic heterocycles. The van der Waals surface area contributed by atoms with Crippen molar-refractivity contribution in [3.8, 4) is 11.1 Å². The second kappa shape index (κ2) is 4.21. The highest BCUT2D eigenvalue weighted by molar-refractivity contribution is 6.43. The molecule has 0 aromatic heterocycles. The Morgan fingerprint density at radius 3 is 2.53 bits per heavy atom. The van der Waals surface area contributed by atoms with Crippen molar-refractivity contribution >= 4 is 23.2 Å². The second-order valence-electron chi connectivity index (χ2n) is 2.99. The highest BCUT2D eigenvalue weighted by atomic mass is 35.5. The van der Waals surface area contributed by atoms with Gasteiger partial charge in [0.15, 0.2) is 0 Å². The fourth-order valence-corrected chi connectivity index (χ4v) is 1.69. The first kappa shape index (κ1) is 10.5. The molecule has 3 heteroatoms. The number of benzene rings is 2. The Morgan fingerprint density at radius 2 is 1.80 bits per heavy atom. The summed E-state index contributed by atoms with van der Waals surface area (Å²) in [4.78, 5) is 0. The molecule has 15 heavy (non-hydrogen) atoms.